The van der Waals surface area contributed by atoms with Crippen molar-refractivity contribution in [2.24, 2.45) is 0 Å². The fourth-order valence-corrected chi connectivity index (χ4v) is 1.94. The van der Waals surface area contributed by atoms with Crippen molar-refractivity contribution in [3.8, 4) is 11.3 Å². The van der Waals surface area contributed by atoms with Crippen molar-refractivity contribution in [1.29, 1.82) is 0 Å². The van der Waals surface area contributed by atoms with Gasteiger partial charge in [-0.3, -0.25) is 4.98 Å². The lowest BCUT2D eigenvalue weighted by molar-refractivity contribution is 0.773. The third-order valence-corrected chi connectivity index (χ3v) is 3.26. The van der Waals surface area contributed by atoms with Gasteiger partial charge in [-0.25, -0.2) is 9.97 Å². The summed E-state index contributed by atoms with van der Waals surface area (Å²) in [6.07, 6.45) is 3.60. The first-order valence-corrected chi connectivity index (χ1v) is 6.33. The number of nitrogens with zero attached hydrogens (tertiary/aromatic N) is 3. The maximum Gasteiger partial charge on any atom is 0.136 e. The molecular weight excluding hydrogens is 246 g/mol. The average Bonchev–Trinajstić information content (AvgIpc) is 2.33. The quantitative estimate of drug-likeness (QED) is 0.769. The van der Waals surface area contributed by atoms with E-state index in [1.807, 2.05) is 26.1 Å². The van der Waals surface area contributed by atoms with Crippen LogP contribution in [0, 0.1) is 13.8 Å². The second-order valence-corrected chi connectivity index (χ2v) is 5.05. The van der Waals surface area contributed by atoms with Crippen LogP contribution < -0.4 is 0 Å². The summed E-state index contributed by atoms with van der Waals surface area (Å²) in [5.41, 5.74) is 3.97. The predicted octanol–water partition coefficient (Wildman–Crippen LogP) is 3.93. The Labute approximate surface area is 112 Å². The molecule has 2 aromatic rings. The topological polar surface area (TPSA) is 38.7 Å². The molecule has 0 atom stereocenters. The molecule has 2 rings (SSSR count). The molecule has 0 saturated carbocycles. The average molecular weight is 262 g/mol. The third-order valence-electron chi connectivity index (χ3n) is 2.90. The first-order valence-electron chi connectivity index (χ1n) is 5.95. The number of hydrogen-bond acceptors (Lipinski definition) is 3. The van der Waals surface area contributed by atoms with Gasteiger partial charge in [-0.2, -0.15) is 0 Å². The second kappa shape index (κ2) is 5.02. The Hall–Kier alpha value is -1.48. The van der Waals surface area contributed by atoms with Gasteiger partial charge in [0.25, 0.3) is 0 Å². The van der Waals surface area contributed by atoms with Crippen molar-refractivity contribution in [2.75, 3.05) is 0 Å². The van der Waals surface area contributed by atoms with Gasteiger partial charge in [0.2, 0.25) is 0 Å². The fourth-order valence-electron chi connectivity index (χ4n) is 1.77. The molecule has 0 aliphatic heterocycles. The van der Waals surface area contributed by atoms with Gasteiger partial charge in [0, 0.05) is 29.4 Å². The molecule has 0 saturated heterocycles. The number of hydrogen-bond donors (Lipinski definition) is 0. The molecule has 0 aliphatic rings. The van der Waals surface area contributed by atoms with Crippen LogP contribution in [0.4, 0.5) is 0 Å². The molecule has 2 aromatic heterocycles. The molecule has 0 aliphatic carbocycles. The number of halogens is 1. The highest BCUT2D eigenvalue weighted by molar-refractivity contribution is 6.30. The van der Waals surface area contributed by atoms with Crippen molar-refractivity contribution in [3.05, 3.63) is 40.6 Å². The van der Waals surface area contributed by atoms with E-state index in [9.17, 15) is 0 Å². The lowest BCUT2D eigenvalue weighted by Crippen LogP contribution is -2.03. The minimum absolute atomic E-state index is 0.254. The highest BCUT2D eigenvalue weighted by Gasteiger charge is 2.14. The van der Waals surface area contributed by atoms with E-state index in [2.05, 4.69) is 28.8 Å². The lowest BCUT2D eigenvalue weighted by atomic mass is 10.0. The van der Waals surface area contributed by atoms with E-state index < -0.39 is 0 Å². The summed E-state index contributed by atoms with van der Waals surface area (Å²) in [7, 11) is 0. The minimum Gasteiger partial charge on any atom is -0.264 e. The molecule has 0 amide bonds. The van der Waals surface area contributed by atoms with Crippen LogP contribution in [0.15, 0.2) is 18.5 Å². The van der Waals surface area contributed by atoms with Crippen LogP contribution >= 0.6 is 11.6 Å². The van der Waals surface area contributed by atoms with Gasteiger partial charge in [0.1, 0.15) is 11.0 Å². The van der Waals surface area contributed by atoms with E-state index in [0.29, 0.717) is 5.15 Å². The van der Waals surface area contributed by atoms with E-state index >= 15 is 0 Å². The summed E-state index contributed by atoms with van der Waals surface area (Å²) < 4.78 is 0. The van der Waals surface area contributed by atoms with E-state index in [1.165, 1.54) is 0 Å². The number of rotatable bonds is 2. The predicted molar refractivity (Wildman–Crippen MR) is 73.8 cm³/mol. The Kier molecular flexibility index (Phi) is 3.62. The second-order valence-electron chi connectivity index (χ2n) is 4.69. The molecule has 4 heteroatoms. The summed E-state index contributed by atoms with van der Waals surface area (Å²) in [6.45, 7) is 8.09. The first kappa shape index (κ1) is 13.0. The van der Waals surface area contributed by atoms with Crippen molar-refractivity contribution >= 4 is 11.6 Å². The van der Waals surface area contributed by atoms with Crippen LogP contribution in [0.25, 0.3) is 11.3 Å². The largest absolute Gasteiger partial charge is 0.264 e. The van der Waals surface area contributed by atoms with Gasteiger partial charge < -0.3 is 0 Å². The van der Waals surface area contributed by atoms with Crippen molar-refractivity contribution in [2.45, 2.75) is 33.6 Å². The normalized spacial score (nSPS) is 11.0. The molecular formula is C14H16ClN3. The Morgan fingerprint density at radius 3 is 2.50 bits per heavy atom. The van der Waals surface area contributed by atoms with Crippen LogP contribution in [0.3, 0.4) is 0 Å². The minimum atomic E-state index is 0.254. The smallest absolute Gasteiger partial charge is 0.136 e. The molecule has 0 aromatic carbocycles. The summed E-state index contributed by atoms with van der Waals surface area (Å²) in [5, 5.41) is 0.528. The Morgan fingerprint density at radius 2 is 1.89 bits per heavy atom. The summed E-state index contributed by atoms with van der Waals surface area (Å²) >= 11 is 6.20. The van der Waals surface area contributed by atoms with E-state index in [0.717, 1.165) is 28.2 Å². The molecule has 0 unspecified atom stereocenters. The van der Waals surface area contributed by atoms with Crippen molar-refractivity contribution in [1.82, 2.24) is 15.0 Å². The maximum atomic E-state index is 6.20. The molecule has 94 valence electrons. The van der Waals surface area contributed by atoms with Gasteiger partial charge in [0.05, 0.1) is 5.69 Å². The number of aromatic nitrogens is 3. The van der Waals surface area contributed by atoms with Gasteiger partial charge in [0.15, 0.2) is 0 Å². The van der Waals surface area contributed by atoms with E-state index in [4.69, 9.17) is 11.6 Å². The van der Waals surface area contributed by atoms with Gasteiger partial charge in [-0.1, -0.05) is 25.4 Å². The summed E-state index contributed by atoms with van der Waals surface area (Å²) in [4.78, 5) is 13.1. The summed E-state index contributed by atoms with van der Waals surface area (Å²) in [6, 6.07) is 1.96. The van der Waals surface area contributed by atoms with Gasteiger partial charge in [-0.05, 0) is 25.5 Å². The van der Waals surface area contributed by atoms with Crippen LogP contribution in [0.1, 0.15) is 36.7 Å². The van der Waals surface area contributed by atoms with Gasteiger partial charge in [-0.15, -0.1) is 0 Å². The zero-order chi connectivity index (χ0) is 13.3. The molecule has 18 heavy (non-hydrogen) atoms. The van der Waals surface area contributed by atoms with Crippen LogP contribution in [0.5, 0.6) is 0 Å². The number of pyridine rings is 1. The zero-order valence-corrected chi connectivity index (χ0v) is 11.8. The van der Waals surface area contributed by atoms with E-state index in [1.54, 1.807) is 6.20 Å². The van der Waals surface area contributed by atoms with Gasteiger partial charge >= 0.3 is 0 Å². The van der Waals surface area contributed by atoms with Crippen LogP contribution in [0.2, 0.25) is 5.15 Å². The Morgan fingerprint density at radius 1 is 1.17 bits per heavy atom. The molecule has 0 N–H and O–H groups in total. The molecule has 0 bridgehead atoms. The maximum absolute atomic E-state index is 6.20. The lowest BCUT2D eigenvalue weighted by Gasteiger charge is -2.12. The summed E-state index contributed by atoms with van der Waals surface area (Å²) in [5.74, 6) is 1.03. The Balaban J connectivity index is 2.67. The van der Waals surface area contributed by atoms with Crippen LogP contribution in [-0.2, 0) is 0 Å². The van der Waals surface area contributed by atoms with Crippen LogP contribution in [-0.4, -0.2) is 15.0 Å². The monoisotopic (exact) mass is 261 g/mol. The fraction of sp³-hybridized carbons (Fsp3) is 0.357. The SMILES string of the molecule is Cc1cnccc1-c1nc(C(C)C)nc(Cl)c1C. The molecule has 0 fully saturated rings. The zero-order valence-electron chi connectivity index (χ0n) is 11.0. The Bertz CT molecular complexity index is 579. The number of aryl methyl sites for hydroxylation is 1. The highest BCUT2D eigenvalue weighted by atomic mass is 35.5. The van der Waals surface area contributed by atoms with Crippen molar-refractivity contribution < 1.29 is 0 Å². The molecule has 2 heterocycles. The molecule has 0 radical (unpaired) electrons. The first-order chi connectivity index (χ1) is 8.50. The molecule has 0 spiro atoms. The van der Waals surface area contributed by atoms with Crippen molar-refractivity contribution in [3.63, 3.8) is 0 Å². The molecule has 3 nitrogen and oxygen atoms in total. The van der Waals surface area contributed by atoms with E-state index in [-0.39, 0.29) is 5.92 Å². The standard InChI is InChI=1S/C14H16ClN3/c1-8(2)14-17-12(10(4)13(15)18-14)11-5-6-16-7-9(11)3/h5-8H,1-4H3. The third kappa shape index (κ3) is 2.36. The highest BCUT2D eigenvalue weighted by Crippen LogP contribution is 2.28.